The van der Waals surface area contributed by atoms with Crippen LogP contribution in [0.4, 0.5) is 5.69 Å². The molecule has 0 fully saturated rings. The molecule has 2 aromatic carbocycles. The molecule has 0 saturated carbocycles. The second kappa shape index (κ2) is 7.07. The van der Waals surface area contributed by atoms with Crippen LogP contribution >= 0.6 is 0 Å². The van der Waals surface area contributed by atoms with Gasteiger partial charge in [0.2, 0.25) is 5.78 Å². The number of nitrogens with zero attached hydrogens (tertiary/aromatic N) is 2. The van der Waals surface area contributed by atoms with Crippen LogP contribution in [-0.4, -0.2) is 22.9 Å². The summed E-state index contributed by atoms with van der Waals surface area (Å²) in [6, 6.07) is 11.5. The average molecular weight is 324 g/mol. The SMILES string of the molecule is COc1cccc(/C=C(\C#N)C(=O)c2cccc([N+](=O)[O-])c2)c1O. The van der Waals surface area contributed by atoms with Gasteiger partial charge in [0.15, 0.2) is 11.5 Å². The standard InChI is InChI=1S/C17H12N2O5/c1-24-15-7-3-5-11(17(15)21)8-13(10-18)16(20)12-4-2-6-14(9-12)19(22)23/h2-9,21H,1H3/b13-8+. The fourth-order valence-electron chi connectivity index (χ4n) is 2.04. The molecule has 0 heterocycles. The number of carbonyl (C=O) groups is 1. The van der Waals surface area contributed by atoms with Crippen molar-refractivity contribution in [3.8, 4) is 17.6 Å². The van der Waals surface area contributed by atoms with E-state index in [-0.39, 0.29) is 33.9 Å². The van der Waals surface area contributed by atoms with E-state index in [2.05, 4.69) is 0 Å². The number of para-hydroxylation sites is 1. The number of ether oxygens (including phenoxy) is 1. The molecule has 7 nitrogen and oxygen atoms in total. The summed E-state index contributed by atoms with van der Waals surface area (Å²) in [5.74, 6) is -0.688. The molecule has 0 radical (unpaired) electrons. The van der Waals surface area contributed by atoms with E-state index in [1.165, 1.54) is 43.5 Å². The number of phenols is 1. The van der Waals surface area contributed by atoms with Crippen LogP contribution in [0, 0.1) is 21.4 Å². The minimum absolute atomic E-state index is 0.0133. The molecule has 0 aliphatic rings. The molecule has 7 heteroatoms. The smallest absolute Gasteiger partial charge is 0.270 e. The molecule has 0 spiro atoms. The first-order chi connectivity index (χ1) is 11.5. The van der Waals surface area contributed by atoms with E-state index in [4.69, 9.17) is 4.74 Å². The van der Waals surface area contributed by atoms with Crippen LogP contribution in [0.25, 0.3) is 6.08 Å². The number of nitro groups is 1. The van der Waals surface area contributed by atoms with Crippen molar-refractivity contribution < 1.29 is 19.6 Å². The number of hydrogen-bond acceptors (Lipinski definition) is 6. The van der Waals surface area contributed by atoms with Crippen LogP contribution < -0.4 is 4.74 Å². The number of phenolic OH excluding ortho intramolecular Hbond substituents is 1. The zero-order chi connectivity index (χ0) is 17.7. The van der Waals surface area contributed by atoms with E-state index < -0.39 is 10.7 Å². The third-order valence-electron chi connectivity index (χ3n) is 3.23. The van der Waals surface area contributed by atoms with Crippen molar-refractivity contribution in [1.29, 1.82) is 5.26 Å². The van der Waals surface area contributed by atoms with Gasteiger partial charge in [-0.2, -0.15) is 5.26 Å². The van der Waals surface area contributed by atoms with Crippen LogP contribution in [0.15, 0.2) is 48.0 Å². The first-order valence-electron chi connectivity index (χ1n) is 6.75. The summed E-state index contributed by atoms with van der Waals surface area (Å²) in [5.41, 5.74) is -0.273. The van der Waals surface area contributed by atoms with E-state index in [1.54, 1.807) is 12.1 Å². The Bertz CT molecular complexity index is 881. The predicted octanol–water partition coefficient (Wildman–Crippen LogP) is 3.10. The lowest BCUT2D eigenvalue weighted by molar-refractivity contribution is -0.384. The molecule has 0 saturated heterocycles. The van der Waals surface area contributed by atoms with Crippen molar-refractivity contribution in [2.45, 2.75) is 0 Å². The normalized spacial score (nSPS) is 10.8. The topological polar surface area (TPSA) is 113 Å². The number of benzene rings is 2. The zero-order valence-electron chi connectivity index (χ0n) is 12.6. The predicted molar refractivity (Wildman–Crippen MR) is 85.7 cm³/mol. The van der Waals surface area contributed by atoms with Crippen LogP contribution in [-0.2, 0) is 0 Å². The van der Waals surface area contributed by atoms with Gasteiger partial charge in [-0.15, -0.1) is 0 Å². The van der Waals surface area contributed by atoms with Gasteiger partial charge in [0, 0.05) is 23.3 Å². The minimum atomic E-state index is -0.677. The highest BCUT2D eigenvalue weighted by atomic mass is 16.6. The molecule has 2 aromatic rings. The molecule has 0 aromatic heterocycles. The molecule has 120 valence electrons. The van der Waals surface area contributed by atoms with Crippen LogP contribution in [0.3, 0.4) is 0 Å². The third kappa shape index (κ3) is 3.39. The van der Waals surface area contributed by atoms with Gasteiger partial charge in [-0.3, -0.25) is 14.9 Å². The maximum absolute atomic E-state index is 12.4. The first kappa shape index (κ1) is 16.7. The summed E-state index contributed by atoms with van der Waals surface area (Å²) >= 11 is 0. The van der Waals surface area contributed by atoms with Crippen LogP contribution in [0.5, 0.6) is 11.5 Å². The molecule has 0 amide bonds. The van der Waals surface area contributed by atoms with Crippen molar-refractivity contribution in [1.82, 2.24) is 0 Å². The van der Waals surface area contributed by atoms with Gasteiger partial charge < -0.3 is 9.84 Å². The first-order valence-corrected chi connectivity index (χ1v) is 6.75. The largest absolute Gasteiger partial charge is 0.504 e. The molecule has 2 rings (SSSR count). The molecule has 24 heavy (non-hydrogen) atoms. The third-order valence-corrected chi connectivity index (χ3v) is 3.23. The highest BCUT2D eigenvalue weighted by molar-refractivity contribution is 6.14. The second-order valence-electron chi connectivity index (χ2n) is 4.70. The number of carbonyl (C=O) groups excluding carboxylic acids is 1. The Morgan fingerprint density at radius 2 is 2.04 bits per heavy atom. The summed E-state index contributed by atoms with van der Waals surface area (Å²) in [7, 11) is 1.38. The summed E-state index contributed by atoms with van der Waals surface area (Å²) in [6.45, 7) is 0. The van der Waals surface area contributed by atoms with Gasteiger partial charge in [-0.25, -0.2) is 0 Å². The fraction of sp³-hybridized carbons (Fsp3) is 0.0588. The van der Waals surface area contributed by atoms with Gasteiger partial charge in [0.25, 0.3) is 5.69 Å². The Morgan fingerprint density at radius 1 is 1.33 bits per heavy atom. The number of nitro benzene ring substituents is 1. The van der Waals surface area contributed by atoms with Gasteiger partial charge in [0.05, 0.1) is 12.0 Å². The van der Waals surface area contributed by atoms with E-state index in [1.807, 2.05) is 0 Å². The minimum Gasteiger partial charge on any atom is -0.504 e. The number of aromatic hydroxyl groups is 1. The molecule has 0 aliphatic heterocycles. The van der Waals surface area contributed by atoms with Crippen molar-refractivity contribution in [2.75, 3.05) is 7.11 Å². The number of methoxy groups -OCH3 is 1. The lowest BCUT2D eigenvalue weighted by Gasteiger charge is -2.06. The number of Topliss-reactive ketones (excluding diaryl/α,β-unsaturated/α-hetero) is 1. The lowest BCUT2D eigenvalue weighted by atomic mass is 10.0. The zero-order valence-corrected chi connectivity index (χ0v) is 12.6. The molecule has 0 bridgehead atoms. The molecule has 1 N–H and O–H groups in total. The summed E-state index contributed by atoms with van der Waals surface area (Å²) < 4.78 is 4.97. The number of hydrogen-bond donors (Lipinski definition) is 1. The summed E-state index contributed by atoms with van der Waals surface area (Å²) in [4.78, 5) is 22.6. The average Bonchev–Trinajstić information content (AvgIpc) is 2.60. The summed E-state index contributed by atoms with van der Waals surface area (Å²) in [6.07, 6.45) is 1.21. The van der Waals surface area contributed by atoms with Gasteiger partial charge in [-0.1, -0.05) is 24.3 Å². The van der Waals surface area contributed by atoms with E-state index in [0.717, 1.165) is 6.07 Å². The maximum Gasteiger partial charge on any atom is 0.270 e. The molecule has 0 aliphatic carbocycles. The van der Waals surface area contributed by atoms with E-state index >= 15 is 0 Å². The Balaban J connectivity index is 2.45. The van der Waals surface area contributed by atoms with Gasteiger partial charge in [-0.05, 0) is 12.1 Å². The number of nitriles is 1. The lowest BCUT2D eigenvalue weighted by Crippen LogP contribution is -2.03. The molecular formula is C17H12N2O5. The van der Waals surface area contributed by atoms with Gasteiger partial charge in [0.1, 0.15) is 11.6 Å². The van der Waals surface area contributed by atoms with Crippen molar-refractivity contribution in [2.24, 2.45) is 0 Å². The number of rotatable bonds is 5. The highest BCUT2D eigenvalue weighted by Crippen LogP contribution is 2.31. The van der Waals surface area contributed by atoms with Crippen LogP contribution in [0.1, 0.15) is 15.9 Å². The molecule has 0 atom stereocenters. The summed E-state index contributed by atoms with van der Waals surface area (Å²) in [5, 5.41) is 30.0. The number of ketones is 1. The highest BCUT2D eigenvalue weighted by Gasteiger charge is 2.16. The van der Waals surface area contributed by atoms with E-state index in [9.17, 15) is 25.3 Å². The fourth-order valence-corrected chi connectivity index (χ4v) is 2.04. The quantitative estimate of drug-likeness (QED) is 0.297. The van der Waals surface area contributed by atoms with Crippen molar-refractivity contribution >= 4 is 17.5 Å². The Labute approximate surface area is 137 Å². The van der Waals surface area contributed by atoms with Gasteiger partial charge >= 0.3 is 0 Å². The Morgan fingerprint density at radius 3 is 2.67 bits per heavy atom. The monoisotopic (exact) mass is 324 g/mol. The van der Waals surface area contributed by atoms with Crippen LogP contribution in [0.2, 0.25) is 0 Å². The van der Waals surface area contributed by atoms with Crippen molar-refractivity contribution in [3.63, 3.8) is 0 Å². The Hall–Kier alpha value is -3.66. The molecular weight excluding hydrogens is 312 g/mol. The maximum atomic E-state index is 12.4. The van der Waals surface area contributed by atoms with E-state index in [0.29, 0.717) is 0 Å². The van der Waals surface area contributed by atoms with Crippen molar-refractivity contribution in [3.05, 3.63) is 69.3 Å². The number of non-ortho nitro benzene ring substituents is 1. The molecule has 0 unspecified atom stereocenters. The second-order valence-corrected chi connectivity index (χ2v) is 4.70. The Kier molecular flexibility index (Phi) is 4.92. The number of allylic oxidation sites excluding steroid dienone is 1.